The molecule has 0 aliphatic heterocycles. The van der Waals surface area contributed by atoms with Gasteiger partial charge in [-0.05, 0) is 41.3 Å². The van der Waals surface area contributed by atoms with Crippen molar-refractivity contribution in [2.24, 2.45) is 5.14 Å². The monoisotopic (exact) mass is 366 g/mol. The molecular formula is C11H15BrN2O5S. The smallest absolute Gasteiger partial charge is 0.287 e. The number of hydrogen-bond donors (Lipinski definition) is 1. The molecule has 9 heteroatoms. The minimum atomic E-state index is -3.41. The molecule has 20 heavy (non-hydrogen) atoms. The zero-order valence-corrected chi connectivity index (χ0v) is 13.0. The highest BCUT2D eigenvalue weighted by Gasteiger charge is 2.15. The van der Waals surface area contributed by atoms with Gasteiger partial charge in [0, 0.05) is 6.07 Å². The SMILES string of the molecule is NS(=O)(=O)CCCCCOc1cccc([N+](=O)[O-])c1Br. The van der Waals surface area contributed by atoms with Crippen molar-refractivity contribution in [2.45, 2.75) is 19.3 Å². The van der Waals surface area contributed by atoms with Crippen molar-refractivity contribution in [1.29, 1.82) is 0 Å². The first-order valence-electron chi connectivity index (χ1n) is 5.87. The maximum atomic E-state index is 10.7. The van der Waals surface area contributed by atoms with E-state index in [1.807, 2.05) is 0 Å². The predicted molar refractivity (Wildman–Crippen MR) is 78.1 cm³/mol. The molecule has 0 aliphatic rings. The van der Waals surface area contributed by atoms with Gasteiger partial charge in [-0.3, -0.25) is 10.1 Å². The molecule has 1 aromatic carbocycles. The molecule has 7 nitrogen and oxygen atoms in total. The van der Waals surface area contributed by atoms with E-state index in [-0.39, 0.29) is 11.4 Å². The summed E-state index contributed by atoms with van der Waals surface area (Å²) in [7, 11) is -3.41. The number of halogens is 1. The molecule has 0 saturated heterocycles. The second-order valence-electron chi connectivity index (χ2n) is 4.12. The van der Waals surface area contributed by atoms with Gasteiger partial charge in [-0.1, -0.05) is 6.07 Å². The molecule has 0 heterocycles. The van der Waals surface area contributed by atoms with Gasteiger partial charge in [-0.25, -0.2) is 13.6 Å². The third-order valence-electron chi connectivity index (χ3n) is 2.47. The summed E-state index contributed by atoms with van der Waals surface area (Å²) in [5.41, 5.74) is -0.0586. The molecule has 1 aromatic rings. The number of ether oxygens (including phenoxy) is 1. The lowest BCUT2D eigenvalue weighted by molar-refractivity contribution is -0.385. The van der Waals surface area contributed by atoms with E-state index in [9.17, 15) is 18.5 Å². The molecule has 112 valence electrons. The van der Waals surface area contributed by atoms with Gasteiger partial charge in [0.1, 0.15) is 10.2 Å². The van der Waals surface area contributed by atoms with Crippen LogP contribution in [0, 0.1) is 10.1 Å². The summed E-state index contributed by atoms with van der Waals surface area (Å²) in [6.07, 6.45) is 1.77. The van der Waals surface area contributed by atoms with E-state index < -0.39 is 14.9 Å². The summed E-state index contributed by atoms with van der Waals surface area (Å²) in [5.74, 6) is 0.346. The Morgan fingerprint density at radius 1 is 1.30 bits per heavy atom. The number of hydrogen-bond acceptors (Lipinski definition) is 5. The molecule has 0 aromatic heterocycles. The highest BCUT2D eigenvalue weighted by Crippen LogP contribution is 2.33. The molecule has 1 rings (SSSR count). The van der Waals surface area contributed by atoms with Gasteiger partial charge in [0.2, 0.25) is 10.0 Å². The number of unbranched alkanes of at least 4 members (excludes halogenated alkanes) is 2. The van der Waals surface area contributed by atoms with Crippen LogP contribution in [0.5, 0.6) is 5.75 Å². The number of sulfonamides is 1. The summed E-state index contributed by atoms with van der Waals surface area (Å²) in [5, 5.41) is 15.6. The quantitative estimate of drug-likeness (QED) is 0.430. The lowest BCUT2D eigenvalue weighted by Crippen LogP contribution is -2.16. The van der Waals surface area contributed by atoms with Crippen LogP contribution in [0.3, 0.4) is 0 Å². The van der Waals surface area contributed by atoms with Gasteiger partial charge in [0.25, 0.3) is 5.69 Å². The Kier molecular flexibility index (Phi) is 6.37. The number of nitro benzene ring substituents is 1. The number of nitrogens with two attached hydrogens (primary N) is 1. The molecule has 0 bridgehead atoms. The number of nitro groups is 1. The first-order chi connectivity index (χ1) is 9.31. The van der Waals surface area contributed by atoms with Crippen LogP contribution in [0.1, 0.15) is 19.3 Å². The van der Waals surface area contributed by atoms with Crippen molar-refractivity contribution in [3.05, 3.63) is 32.8 Å². The fraction of sp³-hybridized carbons (Fsp3) is 0.455. The van der Waals surface area contributed by atoms with E-state index >= 15 is 0 Å². The van der Waals surface area contributed by atoms with Crippen LogP contribution in [0.15, 0.2) is 22.7 Å². The van der Waals surface area contributed by atoms with Gasteiger partial charge >= 0.3 is 0 Å². The maximum absolute atomic E-state index is 10.7. The molecule has 0 amide bonds. The van der Waals surface area contributed by atoms with E-state index in [0.717, 1.165) is 0 Å². The Hall–Kier alpha value is -1.19. The Bertz CT molecular complexity index is 576. The second kappa shape index (κ2) is 7.55. The summed E-state index contributed by atoms with van der Waals surface area (Å²) in [6.45, 7) is 0.352. The van der Waals surface area contributed by atoms with Gasteiger partial charge < -0.3 is 4.74 Å². The zero-order valence-electron chi connectivity index (χ0n) is 10.6. The van der Waals surface area contributed by atoms with Gasteiger partial charge in [0.15, 0.2) is 0 Å². The van der Waals surface area contributed by atoms with Crippen molar-refractivity contribution >= 4 is 31.6 Å². The maximum Gasteiger partial charge on any atom is 0.287 e. The summed E-state index contributed by atoms with van der Waals surface area (Å²) >= 11 is 3.13. The van der Waals surface area contributed by atoms with Crippen LogP contribution in [0.25, 0.3) is 0 Å². The van der Waals surface area contributed by atoms with Crippen molar-refractivity contribution in [1.82, 2.24) is 0 Å². The lowest BCUT2D eigenvalue weighted by atomic mass is 10.2. The van der Waals surface area contributed by atoms with Crippen LogP contribution in [0.2, 0.25) is 0 Å². The first-order valence-corrected chi connectivity index (χ1v) is 8.38. The summed E-state index contributed by atoms with van der Waals surface area (Å²) in [6, 6.07) is 4.55. The van der Waals surface area contributed by atoms with Gasteiger partial charge in [0.05, 0.1) is 17.3 Å². The Morgan fingerprint density at radius 3 is 2.60 bits per heavy atom. The minimum Gasteiger partial charge on any atom is -0.492 e. The van der Waals surface area contributed by atoms with Crippen LogP contribution in [-0.4, -0.2) is 25.7 Å². The van der Waals surface area contributed by atoms with Crippen LogP contribution in [-0.2, 0) is 10.0 Å². The van der Waals surface area contributed by atoms with Gasteiger partial charge in [-0.15, -0.1) is 0 Å². The predicted octanol–water partition coefficient (Wildman–Crippen LogP) is 2.19. The fourth-order valence-electron chi connectivity index (χ4n) is 1.52. The second-order valence-corrected chi connectivity index (χ2v) is 6.65. The van der Waals surface area contributed by atoms with Crippen molar-refractivity contribution in [3.8, 4) is 5.75 Å². The largest absolute Gasteiger partial charge is 0.492 e. The molecule has 0 spiro atoms. The summed E-state index contributed by atoms with van der Waals surface area (Å²) in [4.78, 5) is 10.2. The van der Waals surface area contributed by atoms with Gasteiger partial charge in [-0.2, -0.15) is 0 Å². The van der Waals surface area contributed by atoms with Crippen molar-refractivity contribution < 1.29 is 18.1 Å². The van der Waals surface area contributed by atoms with E-state index in [0.29, 0.717) is 36.1 Å². The van der Waals surface area contributed by atoms with E-state index in [1.165, 1.54) is 6.07 Å². The number of rotatable bonds is 8. The number of nitrogens with zero attached hydrogens (tertiary/aromatic N) is 1. The topological polar surface area (TPSA) is 113 Å². The molecule has 0 atom stereocenters. The van der Waals surface area contributed by atoms with Crippen molar-refractivity contribution in [2.75, 3.05) is 12.4 Å². The highest BCUT2D eigenvalue weighted by molar-refractivity contribution is 9.10. The molecule has 0 radical (unpaired) electrons. The Labute approximate surface area is 125 Å². The summed E-state index contributed by atoms with van der Waals surface area (Å²) < 4.78 is 27.1. The molecule has 0 unspecified atom stereocenters. The molecule has 0 fully saturated rings. The fourth-order valence-corrected chi connectivity index (χ4v) is 2.65. The Balaban J connectivity index is 2.40. The third-order valence-corrected chi connectivity index (χ3v) is 4.13. The average molecular weight is 367 g/mol. The third kappa shape index (κ3) is 5.85. The normalized spacial score (nSPS) is 11.3. The molecule has 0 aliphatic carbocycles. The highest BCUT2D eigenvalue weighted by atomic mass is 79.9. The zero-order chi connectivity index (χ0) is 15.2. The van der Waals surface area contributed by atoms with Crippen molar-refractivity contribution in [3.63, 3.8) is 0 Å². The van der Waals surface area contributed by atoms with Crippen LogP contribution in [0.4, 0.5) is 5.69 Å². The average Bonchev–Trinajstić information content (AvgIpc) is 2.33. The van der Waals surface area contributed by atoms with E-state index in [4.69, 9.17) is 9.88 Å². The van der Waals surface area contributed by atoms with Crippen LogP contribution < -0.4 is 9.88 Å². The van der Waals surface area contributed by atoms with E-state index in [1.54, 1.807) is 12.1 Å². The molecular weight excluding hydrogens is 352 g/mol. The molecule has 0 saturated carbocycles. The number of primary sulfonamides is 1. The first kappa shape index (κ1) is 16.9. The lowest BCUT2D eigenvalue weighted by Gasteiger charge is -2.08. The standard InChI is InChI=1S/C11H15BrN2O5S/c12-11-9(14(15)16)5-4-6-10(11)19-7-2-1-3-8-20(13,17)18/h4-6H,1-3,7-8H2,(H2,13,17,18). The Morgan fingerprint density at radius 2 is 2.00 bits per heavy atom. The minimum absolute atomic E-state index is 0.0481. The van der Waals surface area contributed by atoms with Crippen LogP contribution >= 0.6 is 15.9 Å². The number of benzene rings is 1. The van der Waals surface area contributed by atoms with E-state index in [2.05, 4.69) is 15.9 Å². The molecule has 2 N–H and O–H groups in total.